The Morgan fingerprint density at radius 3 is 2.73 bits per heavy atom. The molecule has 0 fully saturated rings. The third-order valence-corrected chi connectivity index (χ3v) is 6.89. The van der Waals surface area contributed by atoms with Gasteiger partial charge in [0.25, 0.3) is 0 Å². The maximum atomic E-state index is 10.9. The molecular formula is C24H21N3O4S2. The Hall–Kier alpha value is -3.43. The van der Waals surface area contributed by atoms with Gasteiger partial charge in [-0.15, -0.1) is 0 Å². The highest BCUT2D eigenvalue weighted by Crippen LogP contribution is 2.41. The van der Waals surface area contributed by atoms with Gasteiger partial charge in [-0.2, -0.15) is 0 Å². The molecule has 33 heavy (non-hydrogen) atoms. The third kappa shape index (κ3) is 4.29. The number of aromatic nitrogens is 2. The lowest BCUT2D eigenvalue weighted by Gasteiger charge is -2.14. The SMILES string of the molecule is COc1cc(OCC2=C(C)SC(c3ccc(C=O)cc3)N2)c2cc(-c3c[nH]c(=S)[nH]3)oc2c1. The van der Waals surface area contributed by atoms with Crippen LogP contribution in [0.4, 0.5) is 0 Å². The van der Waals surface area contributed by atoms with Gasteiger partial charge in [0.05, 0.1) is 23.9 Å². The molecule has 4 aromatic rings. The van der Waals surface area contributed by atoms with E-state index >= 15 is 0 Å². The fourth-order valence-electron chi connectivity index (χ4n) is 3.65. The zero-order chi connectivity index (χ0) is 22.9. The van der Waals surface area contributed by atoms with Gasteiger partial charge in [-0.25, -0.2) is 0 Å². The lowest BCUT2D eigenvalue weighted by Crippen LogP contribution is -2.18. The molecule has 1 aliphatic heterocycles. The van der Waals surface area contributed by atoms with Crippen LogP contribution in [-0.4, -0.2) is 30.0 Å². The minimum Gasteiger partial charge on any atom is -0.496 e. The van der Waals surface area contributed by atoms with Crippen LogP contribution in [0.2, 0.25) is 0 Å². The molecule has 0 bridgehead atoms. The number of methoxy groups -OCH3 is 1. The molecule has 0 saturated carbocycles. The minimum atomic E-state index is 0.0758. The smallest absolute Gasteiger partial charge is 0.175 e. The largest absolute Gasteiger partial charge is 0.496 e. The van der Waals surface area contributed by atoms with Crippen LogP contribution in [-0.2, 0) is 0 Å². The van der Waals surface area contributed by atoms with Crippen LogP contribution in [0.1, 0.15) is 28.2 Å². The molecule has 2 aromatic carbocycles. The van der Waals surface area contributed by atoms with Crippen molar-refractivity contribution in [3.8, 4) is 23.0 Å². The van der Waals surface area contributed by atoms with Gasteiger partial charge >= 0.3 is 0 Å². The zero-order valence-electron chi connectivity index (χ0n) is 17.9. The summed E-state index contributed by atoms with van der Waals surface area (Å²) in [5, 5.41) is 4.45. The number of hydrogen-bond acceptors (Lipinski definition) is 7. The lowest BCUT2D eigenvalue weighted by molar-refractivity contribution is 0.112. The quantitative estimate of drug-likeness (QED) is 0.223. The summed E-state index contributed by atoms with van der Waals surface area (Å²) in [5.74, 6) is 1.96. The molecule has 0 saturated heterocycles. The molecule has 1 aliphatic rings. The lowest BCUT2D eigenvalue weighted by atomic mass is 10.1. The number of rotatable bonds is 7. The van der Waals surface area contributed by atoms with E-state index in [9.17, 15) is 4.79 Å². The summed E-state index contributed by atoms with van der Waals surface area (Å²) in [7, 11) is 1.61. The summed E-state index contributed by atoms with van der Waals surface area (Å²) < 4.78 is 18.2. The average Bonchev–Trinajstić information content (AvgIpc) is 3.55. The van der Waals surface area contributed by atoms with Crippen molar-refractivity contribution in [3.63, 3.8) is 0 Å². The Kier molecular flexibility index (Phi) is 5.74. The number of aromatic amines is 2. The molecule has 3 heterocycles. The maximum absolute atomic E-state index is 10.9. The van der Waals surface area contributed by atoms with Gasteiger partial charge in [-0.05, 0) is 30.8 Å². The highest BCUT2D eigenvalue weighted by atomic mass is 32.2. The molecule has 168 valence electrons. The molecule has 0 amide bonds. The monoisotopic (exact) mass is 479 g/mol. The highest BCUT2D eigenvalue weighted by Gasteiger charge is 2.24. The summed E-state index contributed by atoms with van der Waals surface area (Å²) in [6.07, 6.45) is 2.62. The van der Waals surface area contributed by atoms with Crippen LogP contribution in [0.15, 0.2) is 63.7 Å². The van der Waals surface area contributed by atoms with E-state index < -0.39 is 0 Å². The van der Waals surface area contributed by atoms with E-state index in [0.717, 1.165) is 33.5 Å². The molecule has 9 heteroatoms. The number of ether oxygens (including phenoxy) is 2. The van der Waals surface area contributed by atoms with Gasteiger partial charge in [0.2, 0.25) is 0 Å². The Morgan fingerprint density at radius 2 is 2.03 bits per heavy atom. The van der Waals surface area contributed by atoms with Crippen molar-refractivity contribution in [2.24, 2.45) is 0 Å². The molecule has 3 N–H and O–H groups in total. The Morgan fingerprint density at radius 1 is 1.21 bits per heavy atom. The van der Waals surface area contributed by atoms with Crippen LogP contribution >= 0.6 is 24.0 Å². The number of furan rings is 1. The van der Waals surface area contributed by atoms with Crippen molar-refractivity contribution >= 4 is 41.2 Å². The van der Waals surface area contributed by atoms with E-state index in [0.29, 0.717) is 39.8 Å². The fraction of sp³-hybridized carbons (Fsp3) is 0.167. The number of imidazole rings is 1. The van der Waals surface area contributed by atoms with Crippen molar-refractivity contribution in [3.05, 3.63) is 75.2 Å². The highest BCUT2D eigenvalue weighted by molar-refractivity contribution is 8.03. The first-order valence-corrected chi connectivity index (χ1v) is 11.5. The molecule has 7 nitrogen and oxygen atoms in total. The second kappa shape index (κ2) is 8.84. The number of fused-ring (bicyclic) bond motifs is 1. The van der Waals surface area contributed by atoms with Gasteiger partial charge < -0.3 is 29.2 Å². The van der Waals surface area contributed by atoms with Gasteiger partial charge in [0.15, 0.2) is 10.5 Å². The number of H-pyrrole nitrogens is 2. The number of benzene rings is 2. The standard InChI is InChI=1S/C24H21N3O4S2/c1-13-19(26-23(33-13)15-5-3-14(11-28)4-6-15)12-30-20-7-16(29-2)8-21-17(20)9-22(31-21)18-10-25-24(32)27-18/h3-11,23,26H,12H2,1-2H3,(H2,25,27,32). The first-order valence-electron chi connectivity index (χ1n) is 10.2. The van der Waals surface area contributed by atoms with Crippen molar-refractivity contribution in [1.82, 2.24) is 15.3 Å². The first-order chi connectivity index (χ1) is 16.0. The summed E-state index contributed by atoms with van der Waals surface area (Å²) in [6.45, 7) is 2.44. The number of carbonyl (C=O) groups is 1. The number of hydrogen-bond donors (Lipinski definition) is 3. The third-order valence-electron chi connectivity index (χ3n) is 5.44. The summed E-state index contributed by atoms with van der Waals surface area (Å²) >= 11 is 6.85. The molecule has 2 aromatic heterocycles. The Bertz CT molecular complexity index is 1420. The van der Waals surface area contributed by atoms with E-state index in [1.54, 1.807) is 25.1 Å². The number of allylic oxidation sites excluding steroid dienone is 1. The normalized spacial score (nSPS) is 15.6. The van der Waals surface area contributed by atoms with Crippen LogP contribution in [0, 0.1) is 4.77 Å². The molecule has 1 atom stereocenters. The van der Waals surface area contributed by atoms with Gasteiger partial charge in [-0.1, -0.05) is 36.0 Å². The van der Waals surface area contributed by atoms with Crippen LogP contribution < -0.4 is 14.8 Å². The minimum absolute atomic E-state index is 0.0758. The van der Waals surface area contributed by atoms with Crippen molar-refractivity contribution in [2.75, 3.05) is 13.7 Å². The van der Waals surface area contributed by atoms with Gasteiger partial charge in [0, 0.05) is 28.8 Å². The molecule has 5 rings (SSSR count). The van der Waals surface area contributed by atoms with Crippen molar-refractivity contribution in [2.45, 2.75) is 12.3 Å². The molecule has 0 aliphatic carbocycles. The summed E-state index contributed by atoms with van der Waals surface area (Å²) in [5.41, 5.74) is 4.20. The predicted molar refractivity (Wildman–Crippen MR) is 131 cm³/mol. The summed E-state index contributed by atoms with van der Waals surface area (Å²) in [4.78, 5) is 18.1. The number of nitrogens with one attached hydrogen (secondary N) is 3. The topological polar surface area (TPSA) is 92.3 Å². The van der Waals surface area contributed by atoms with E-state index in [4.69, 9.17) is 26.1 Å². The van der Waals surface area contributed by atoms with E-state index in [2.05, 4.69) is 22.2 Å². The summed E-state index contributed by atoms with van der Waals surface area (Å²) in [6, 6.07) is 13.2. The van der Waals surface area contributed by atoms with E-state index in [1.165, 1.54) is 0 Å². The van der Waals surface area contributed by atoms with Crippen LogP contribution in [0.5, 0.6) is 11.5 Å². The fourth-order valence-corrected chi connectivity index (χ4v) is 4.93. The molecule has 0 radical (unpaired) electrons. The Labute approximate surface area is 199 Å². The zero-order valence-corrected chi connectivity index (χ0v) is 19.6. The maximum Gasteiger partial charge on any atom is 0.175 e. The van der Waals surface area contributed by atoms with Gasteiger partial charge in [0.1, 0.15) is 35.3 Å². The second-order valence-electron chi connectivity index (χ2n) is 7.55. The number of carbonyl (C=O) groups excluding carboxylic acids is 1. The first kappa shape index (κ1) is 21.4. The van der Waals surface area contributed by atoms with Crippen molar-refractivity contribution in [1.29, 1.82) is 0 Å². The average molecular weight is 480 g/mol. The number of aldehydes is 1. The van der Waals surface area contributed by atoms with E-state index in [1.807, 2.05) is 42.5 Å². The molecule has 0 spiro atoms. The van der Waals surface area contributed by atoms with Crippen molar-refractivity contribution < 1.29 is 18.7 Å². The Balaban J connectivity index is 1.37. The molecular weight excluding hydrogens is 458 g/mol. The van der Waals surface area contributed by atoms with Crippen LogP contribution in [0.3, 0.4) is 0 Å². The number of thioether (sulfide) groups is 1. The second-order valence-corrected chi connectivity index (χ2v) is 9.28. The molecule has 1 unspecified atom stereocenters. The van der Waals surface area contributed by atoms with Gasteiger partial charge in [-0.3, -0.25) is 4.79 Å². The predicted octanol–water partition coefficient (Wildman–Crippen LogP) is 5.95. The van der Waals surface area contributed by atoms with E-state index in [-0.39, 0.29) is 5.37 Å². The van der Waals surface area contributed by atoms with Crippen LogP contribution in [0.25, 0.3) is 22.4 Å².